The zero-order valence-corrected chi connectivity index (χ0v) is 13.8. The number of rotatable bonds is 7. The quantitative estimate of drug-likeness (QED) is 0.620. The van der Waals surface area contributed by atoms with E-state index in [1.54, 1.807) is 0 Å². The average Bonchev–Trinajstić information content (AvgIpc) is 2.65. The molecule has 0 spiro atoms. The van der Waals surface area contributed by atoms with Crippen LogP contribution in [-0.2, 0) is 0 Å². The highest BCUT2D eigenvalue weighted by Gasteiger charge is 2.07. The first-order valence-corrected chi connectivity index (χ1v) is 8.16. The molecule has 0 aromatic heterocycles. The lowest BCUT2D eigenvalue weighted by atomic mass is 10.0. The highest BCUT2D eigenvalue weighted by atomic mass is 16.5. The Kier molecular flexibility index (Phi) is 5.48. The van der Waals surface area contributed by atoms with Gasteiger partial charge in [0.15, 0.2) is 0 Å². The molecule has 3 heteroatoms. The Morgan fingerprint density at radius 2 is 1.50 bits per heavy atom. The van der Waals surface area contributed by atoms with Crippen LogP contribution < -0.4 is 15.4 Å². The minimum atomic E-state index is 0.630. The fourth-order valence-corrected chi connectivity index (χ4v) is 2.50. The molecule has 0 unspecified atom stereocenters. The molecule has 2 N–H and O–H groups in total. The SMILES string of the molecule is CNCCOc1ccc(-c2ccccc2)cc1Nc1ccccc1. The summed E-state index contributed by atoms with van der Waals surface area (Å²) in [7, 11) is 1.92. The Balaban J connectivity index is 1.91. The Hall–Kier alpha value is -2.78. The van der Waals surface area contributed by atoms with E-state index in [2.05, 4.69) is 47.0 Å². The van der Waals surface area contributed by atoms with E-state index in [0.717, 1.165) is 29.2 Å². The summed E-state index contributed by atoms with van der Waals surface area (Å²) < 4.78 is 5.92. The molecule has 0 saturated heterocycles. The maximum absolute atomic E-state index is 5.92. The summed E-state index contributed by atoms with van der Waals surface area (Å²) in [6, 6.07) is 26.8. The lowest BCUT2D eigenvalue weighted by Gasteiger charge is -2.15. The molecule has 0 aliphatic carbocycles. The van der Waals surface area contributed by atoms with E-state index in [0.29, 0.717) is 6.61 Å². The lowest BCUT2D eigenvalue weighted by Crippen LogP contribution is -2.16. The standard InChI is InChI=1S/C21H22N2O/c1-22-14-15-24-21-13-12-18(17-8-4-2-5-9-17)16-20(21)23-19-10-6-3-7-11-19/h2-13,16,22-23H,14-15H2,1H3. The van der Waals surface area contributed by atoms with E-state index in [-0.39, 0.29) is 0 Å². The molecule has 122 valence electrons. The van der Waals surface area contributed by atoms with Gasteiger partial charge in [-0.1, -0.05) is 54.6 Å². The van der Waals surface area contributed by atoms with Gasteiger partial charge in [-0.15, -0.1) is 0 Å². The third kappa shape index (κ3) is 4.15. The van der Waals surface area contributed by atoms with Gasteiger partial charge in [-0.3, -0.25) is 0 Å². The largest absolute Gasteiger partial charge is 0.490 e. The normalized spacial score (nSPS) is 10.4. The van der Waals surface area contributed by atoms with Gasteiger partial charge in [0.2, 0.25) is 0 Å². The van der Waals surface area contributed by atoms with Gasteiger partial charge in [-0.05, 0) is 42.4 Å². The van der Waals surface area contributed by atoms with Crippen LogP contribution in [0.25, 0.3) is 11.1 Å². The number of anilines is 2. The molecule has 3 nitrogen and oxygen atoms in total. The van der Waals surface area contributed by atoms with Crippen LogP contribution in [0.1, 0.15) is 0 Å². The van der Waals surface area contributed by atoms with Crippen LogP contribution in [0.5, 0.6) is 5.75 Å². The van der Waals surface area contributed by atoms with Crippen LogP contribution in [-0.4, -0.2) is 20.2 Å². The number of ether oxygens (including phenoxy) is 1. The Bertz CT molecular complexity index is 757. The molecule has 0 aliphatic rings. The monoisotopic (exact) mass is 318 g/mol. The fourth-order valence-electron chi connectivity index (χ4n) is 2.50. The van der Waals surface area contributed by atoms with Crippen molar-refractivity contribution in [2.45, 2.75) is 0 Å². The number of likely N-dealkylation sites (N-methyl/N-ethyl adjacent to an activating group) is 1. The third-order valence-corrected chi connectivity index (χ3v) is 3.75. The van der Waals surface area contributed by atoms with Gasteiger partial charge in [0.1, 0.15) is 12.4 Å². The Morgan fingerprint density at radius 3 is 2.21 bits per heavy atom. The van der Waals surface area contributed by atoms with Crippen LogP contribution in [0.15, 0.2) is 78.9 Å². The summed E-state index contributed by atoms with van der Waals surface area (Å²) in [5, 5.41) is 6.56. The number of hydrogen-bond acceptors (Lipinski definition) is 3. The second-order valence-electron chi connectivity index (χ2n) is 5.52. The Labute approximate surface area is 143 Å². The fraction of sp³-hybridized carbons (Fsp3) is 0.143. The average molecular weight is 318 g/mol. The first-order chi connectivity index (χ1) is 11.9. The van der Waals surface area contributed by atoms with E-state index in [9.17, 15) is 0 Å². The second-order valence-corrected chi connectivity index (χ2v) is 5.52. The van der Waals surface area contributed by atoms with Crippen molar-refractivity contribution in [2.75, 3.05) is 25.5 Å². The molecular formula is C21H22N2O. The predicted molar refractivity (Wildman–Crippen MR) is 101 cm³/mol. The van der Waals surface area contributed by atoms with Crippen molar-refractivity contribution in [1.29, 1.82) is 0 Å². The van der Waals surface area contributed by atoms with Gasteiger partial charge >= 0.3 is 0 Å². The van der Waals surface area contributed by atoms with Crippen LogP contribution in [0.3, 0.4) is 0 Å². The highest BCUT2D eigenvalue weighted by molar-refractivity contribution is 5.75. The van der Waals surface area contributed by atoms with Gasteiger partial charge in [0.05, 0.1) is 5.69 Å². The minimum absolute atomic E-state index is 0.630. The molecule has 0 saturated carbocycles. The van der Waals surface area contributed by atoms with Crippen molar-refractivity contribution in [3.8, 4) is 16.9 Å². The topological polar surface area (TPSA) is 33.3 Å². The van der Waals surface area contributed by atoms with Crippen LogP contribution >= 0.6 is 0 Å². The van der Waals surface area contributed by atoms with Crippen LogP contribution in [0.4, 0.5) is 11.4 Å². The Morgan fingerprint density at radius 1 is 0.792 bits per heavy atom. The molecule has 3 aromatic carbocycles. The maximum Gasteiger partial charge on any atom is 0.142 e. The smallest absolute Gasteiger partial charge is 0.142 e. The van der Waals surface area contributed by atoms with Crippen LogP contribution in [0.2, 0.25) is 0 Å². The summed E-state index contributed by atoms with van der Waals surface area (Å²) in [6.45, 7) is 1.44. The number of para-hydroxylation sites is 1. The highest BCUT2D eigenvalue weighted by Crippen LogP contribution is 2.32. The van der Waals surface area contributed by atoms with Gasteiger partial charge in [-0.2, -0.15) is 0 Å². The van der Waals surface area contributed by atoms with Crippen molar-refractivity contribution >= 4 is 11.4 Å². The molecule has 0 aliphatic heterocycles. The first-order valence-electron chi connectivity index (χ1n) is 8.16. The molecule has 0 bridgehead atoms. The van der Waals surface area contributed by atoms with Crippen molar-refractivity contribution in [3.05, 3.63) is 78.9 Å². The van der Waals surface area contributed by atoms with E-state index >= 15 is 0 Å². The second kappa shape index (κ2) is 8.18. The van der Waals surface area contributed by atoms with Crippen molar-refractivity contribution in [1.82, 2.24) is 5.32 Å². The summed E-state index contributed by atoms with van der Waals surface area (Å²) >= 11 is 0. The number of nitrogens with one attached hydrogen (secondary N) is 2. The molecule has 0 fully saturated rings. The molecule has 0 atom stereocenters. The van der Waals surface area contributed by atoms with Gasteiger partial charge in [0.25, 0.3) is 0 Å². The number of hydrogen-bond donors (Lipinski definition) is 2. The van der Waals surface area contributed by atoms with Gasteiger partial charge < -0.3 is 15.4 Å². The molecule has 0 heterocycles. The first kappa shape index (κ1) is 16.1. The van der Waals surface area contributed by atoms with E-state index in [1.165, 1.54) is 5.56 Å². The predicted octanol–water partition coefficient (Wildman–Crippen LogP) is 4.70. The molecule has 0 radical (unpaired) electrons. The van der Waals surface area contributed by atoms with Crippen molar-refractivity contribution < 1.29 is 4.74 Å². The van der Waals surface area contributed by atoms with Crippen molar-refractivity contribution in [2.24, 2.45) is 0 Å². The van der Waals surface area contributed by atoms with E-state index < -0.39 is 0 Å². The molecule has 3 rings (SSSR count). The third-order valence-electron chi connectivity index (χ3n) is 3.75. The molecule has 3 aromatic rings. The van der Waals surface area contributed by atoms with Crippen molar-refractivity contribution in [3.63, 3.8) is 0 Å². The van der Waals surface area contributed by atoms with Crippen LogP contribution in [0, 0.1) is 0 Å². The van der Waals surface area contributed by atoms with E-state index in [4.69, 9.17) is 4.74 Å². The van der Waals surface area contributed by atoms with Gasteiger partial charge in [0, 0.05) is 12.2 Å². The molecule has 0 amide bonds. The lowest BCUT2D eigenvalue weighted by molar-refractivity contribution is 0.320. The van der Waals surface area contributed by atoms with Gasteiger partial charge in [-0.25, -0.2) is 0 Å². The zero-order chi connectivity index (χ0) is 16.6. The summed E-state index contributed by atoms with van der Waals surface area (Å²) in [4.78, 5) is 0. The maximum atomic E-state index is 5.92. The minimum Gasteiger partial charge on any atom is -0.490 e. The molecular weight excluding hydrogens is 296 g/mol. The summed E-state index contributed by atoms with van der Waals surface area (Å²) in [6.07, 6.45) is 0. The van der Waals surface area contributed by atoms with E-state index in [1.807, 2.05) is 49.5 Å². The summed E-state index contributed by atoms with van der Waals surface area (Å²) in [5.41, 5.74) is 4.37. The summed E-state index contributed by atoms with van der Waals surface area (Å²) in [5.74, 6) is 0.855. The molecule has 24 heavy (non-hydrogen) atoms. The number of benzene rings is 3. The zero-order valence-electron chi connectivity index (χ0n) is 13.8.